The second-order valence-corrected chi connectivity index (χ2v) is 6.75. The molecule has 5 nitrogen and oxygen atoms in total. The van der Waals surface area contributed by atoms with Gasteiger partial charge in [-0.2, -0.15) is 13.2 Å². The second-order valence-electron chi connectivity index (χ2n) is 6.75. The van der Waals surface area contributed by atoms with E-state index in [2.05, 4.69) is 4.42 Å². The molecule has 1 heterocycles. The summed E-state index contributed by atoms with van der Waals surface area (Å²) in [4.78, 5) is 24.2. The number of carboxylic acids is 1. The van der Waals surface area contributed by atoms with E-state index in [4.69, 9.17) is 0 Å². The average Bonchev–Trinajstić information content (AvgIpc) is 3.13. The van der Waals surface area contributed by atoms with E-state index in [1.54, 1.807) is 6.07 Å². The van der Waals surface area contributed by atoms with Gasteiger partial charge < -0.3 is 14.6 Å². The number of carboxylic acid groups (broad SMARTS) is 1. The lowest BCUT2D eigenvalue weighted by Crippen LogP contribution is -2.21. The van der Waals surface area contributed by atoms with Crippen molar-refractivity contribution in [2.75, 3.05) is 0 Å². The summed E-state index contributed by atoms with van der Waals surface area (Å²) in [5.74, 6) is -4.59. The Bertz CT molecular complexity index is 956. The lowest BCUT2D eigenvalue weighted by molar-refractivity contribution is -0.154. The van der Waals surface area contributed by atoms with Crippen LogP contribution in [0.3, 0.4) is 0 Å². The molecule has 2 aliphatic rings. The molecule has 1 aromatic carbocycles. The Balaban J connectivity index is 1.92. The van der Waals surface area contributed by atoms with E-state index < -0.39 is 46.7 Å². The molecular formula is C18H13F3O5. The van der Waals surface area contributed by atoms with Crippen LogP contribution in [0.5, 0.6) is 0 Å². The molecule has 0 bridgehead atoms. The minimum Gasteiger partial charge on any atom is -0.478 e. The molecular weight excluding hydrogens is 353 g/mol. The molecule has 3 atom stereocenters. The van der Waals surface area contributed by atoms with Gasteiger partial charge in [0.15, 0.2) is 5.78 Å². The van der Waals surface area contributed by atoms with Crippen LogP contribution in [0.1, 0.15) is 74.3 Å². The van der Waals surface area contributed by atoms with Crippen LogP contribution in [0.15, 0.2) is 22.6 Å². The SMILES string of the molecule is CC1C[C@@H]1c1ccc2c(c1)C(=O)c1c(oc(C(F)(F)F)c1C(=O)O)C2O. The van der Waals surface area contributed by atoms with Crippen molar-refractivity contribution in [3.8, 4) is 0 Å². The molecule has 2 N–H and O–H groups in total. The fourth-order valence-corrected chi connectivity index (χ4v) is 3.57. The van der Waals surface area contributed by atoms with Crippen LogP contribution >= 0.6 is 0 Å². The number of rotatable bonds is 2. The van der Waals surface area contributed by atoms with Crippen molar-refractivity contribution in [1.82, 2.24) is 0 Å². The normalized spacial score (nSPS) is 24.2. The number of benzene rings is 1. The van der Waals surface area contributed by atoms with Gasteiger partial charge in [0.2, 0.25) is 5.76 Å². The number of aliphatic hydroxyl groups excluding tert-OH is 1. The van der Waals surface area contributed by atoms with Gasteiger partial charge in [0, 0.05) is 5.56 Å². The average molecular weight is 366 g/mol. The van der Waals surface area contributed by atoms with Crippen molar-refractivity contribution < 1.29 is 37.4 Å². The molecule has 0 aliphatic heterocycles. The van der Waals surface area contributed by atoms with Gasteiger partial charge in [-0.1, -0.05) is 19.1 Å². The van der Waals surface area contributed by atoms with Gasteiger partial charge in [0.25, 0.3) is 0 Å². The van der Waals surface area contributed by atoms with Gasteiger partial charge in [-0.25, -0.2) is 4.79 Å². The fraction of sp³-hybridized carbons (Fsp3) is 0.333. The van der Waals surface area contributed by atoms with E-state index in [-0.39, 0.29) is 17.0 Å². The van der Waals surface area contributed by atoms with Gasteiger partial charge in [0.05, 0.1) is 5.56 Å². The minimum absolute atomic E-state index is 0.0126. The Morgan fingerprint density at radius 1 is 1.31 bits per heavy atom. The van der Waals surface area contributed by atoms with Gasteiger partial charge in [0.1, 0.15) is 17.4 Å². The molecule has 0 saturated heterocycles. The minimum atomic E-state index is -5.11. The molecule has 0 spiro atoms. The highest BCUT2D eigenvalue weighted by atomic mass is 19.4. The Morgan fingerprint density at radius 2 is 1.96 bits per heavy atom. The van der Waals surface area contributed by atoms with Gasteiger partial charge in [-0.05, 0) is 35.4 Å². The van der Waals surface area contributed by atoms with E-state index in [0.717, 1.165) is 12.0 Å². The summed E-state index contributed by atoms with van der Waals surface area (Å²) in [7, 11) is 0. The highest BCUT2D eigenvalue weighted by Gasteiger charge is 2.48. The number of halogens is 3. The van der Waals surface area contributed by atoms with Crippen molar-refractivity contribution in [2.45, 2.75) is 31.5 Å². The van der Waals surface area contributed by atoms with Crippen LogP contribution in [-0.2, 0) is 6.18 Å². The molecule has 2 aromatic rings. The number of ketones is 1. The highest BCUT2D eigenvalue weighted by Crippen LogP contribution is 2.49. The third-order valence-electron chi connectivity index (χ3n) is 5.04. The van der Waals surface area contributed by atoms with Crippen LogP contribution in [0.25, 0.3) is 0 Å². The first-order valence-corrected chi connectivity index (χ1v) is 7.95. The molecule has 4 rings (SSSR count). The summed E-state index contributed by atoms with van der Waals surface area (Å²) in [6, 6.07) is 4.74. The fourth-order valence-electron chi connectivity index (χ4n) is 3.57. The largest absolute Gasteiger partial charge is 0.478 e. The number of furan rings is 1. The number of hydrogen-bond donors (Lipinski definition) is 2. The van der Waals surface area contributed by atoms with E-state index in [1.165, 1.54) is 12.1 Å². The van der Waals surface area contributed by atoms with Crippen LogP contribution < -0.4 is 0 Å². The third kappa shape index (κ3) is 2.28. The molecule has 2 aliphatic carbocycles. The monoisotopic (exact) mass is 366 g/mol. The van der Waals surface area contributed by atoms with E-state index in [1.807, 2.05) is 6.92 Å². The van der Waals surface area contributed by atoms with Gasteiger partial charge in [-0.3, -0.25) is 4.79 Å². The standard InChI is InChI=1S/C18H13F3O5/c1-6-4-9(6)7-2-3-8-10(5-7)13(22)11-12(17(24)25)16(18(19,20)21)26-15(11)14(8)23/h2-3,5-6,9,14,23H,4H2,1H3,(H,24,25)/t6?,9-,14?/m0/s1. The summed E-state index contributed by atoms with van der Waals surface area (Å²) >= 11 is 0. The third-order valence-corrected chi connectivity index (χ3v) is 5.04. The van der Waals surface area contributed by atoms with Crippen molar-refractivity contribution in [3.05, 3.63) is 57.5 Å². The Labute approximate surface area is 145 Å². The predicted molar refractivity (Wildman–Crippen MR) is 81.1 cm³/mol. The summed E-state index contributed by atoms with van der Waals surface area (Å²) in [5.41, 5.74) is -1.02. The number of carbonyl (C=O) groups is 2. The molecule has 1 saturated carbocycles. The predicted octanol–water partition coefficient (Wildman–Crippen LogP) is 3.75. The van der Waals surface area contributed by atoms with Crippen molar-refractivity contribution in [2.24, 2.45) is 5.92 Å². The first-order valence-electron chi connectivity index (χ1n) is 7.95. The maximum atomic E-state index is 13.1. The van der Waals surface area contributed by atoms with Crippen LogP contribution in [0.2, 0.25) is 0 Å². The maximum Gasteiger partial charge on any atom is 0.450 e. The van der Waals surface area contributed by atoms with E-state index in [0.29, 0.717) is 5.92 Å². The maximum absolute atomic E-state index is 13.1. The number of fused-ring (bicyclic) bond motifs is 2. The van der Waals surface area contributed by atoms with Crippen molar-refractivity contribution in [3.63, 3.8) is 0 Å². The number of carbonyl (C=O) groups excluding carboxylic acids is 1. The van der Waals surface area contributed by atoms with Crippen molar-refractivity contribution in [1.29, 1.82) is 0 Å². The smallest absolute Gasteiger partial charge is 0.450 e. The Morgan fingerprint density at radius 3 is 2.50 bits per heavy atom. The number of alkyl halides is 3. The van der Waals surface area contributed by atoms with Crippen LogP contribution in [-0.4, -0.2) is 22.0 Å². The molecule has 8 heteroatoms. The molecule has 1 aromatic heterocycles. The number of hydrogen-bond acceptors (Lipinski definition) is 4. The van der Waals surface area contributed by atoms with Crippen LogP contribution in [0, 0.1) is 5.92 Å². The summed E-state index contributed by atoms with van der Waals surface area (Å²) in [5, 5.41) is 19.6. The van der Waals surface area contributed by atoms with Gasteiger partial charge in [-0.15, -0.1) is 0 Å². The zero-order valence-corrected chi connectivity index (χ0v) is 13.4. The Hall–Kier alpha value is -2.61. The highest BCUT2D eigenvalue weighted by molar-refractivity contribution is 6.17. The first-order chi connectivity index (χ1) is 12.1. The second kappa shape index (κ2) is 5.20. The zero-order valence-electron chi connectivity index (χ0n) is 13.4. The summed E-state index contributed by atoms with van der Waals surface area (Å²) in [6.07, 6.45) is -5.81. The molecule has 2 unspecified atom stereocenters. The molecule has 26 heavy (non-hydrogen) atoms. The lowest BCUT2D eigenvalue weighted by Gasteiger charge is -2.20. The number of aliphatic hydroxyl groups is 1. The molecule has 0 amide bonds. The number of aromatic carboxylic acids is 1. The summed E-state index contributed by atoms with van der Waals surface area (Å²) < 4.78 is 44.1. The van der Waals surface area contributed by atoms with Crippen LogP contribution in [0.4, 0.5) is 13.2 Å². The molecule has 1 fully saturated rings. The summed E-state index contributed by atoms with van der Waals surface area (Å²) in [6.45, 7) is 2.03. The zero-order chi connectivity index (χ0) is 19.0. The lowest BCUT2D eigenvalue weighted by atomic mass is 9.84. The van der Waals surface area contributed by atoms with E-state index in [9.17, 15) is 33.0 Å². The first kappa shape index (κ1) is 16.8. The Kier molecular flexibility index (Phi) is 3.37. The quantitative estimate of drug-likeness (QED) is 0.845. The van der Waals surface area contributed by atoms with Gasteiger partial charge >= 0.3 is 12.1 Å². The topological polar surface area (TPSA) is 87.7 Å². The molecule has 0 radical (unpaired) electrons. The van der Waals surface area contributed by atoms with Crippen molar-refractivity contribution >= 4 is 11.8 Å². The van der Waals surface area contributed by atoms with E-state index >= 15 is 0 Å². The molecule has 136 valence electrons.